The fraction of sp³-hybridized carbons (Fsp3) is 0.273. The molecule has 1 aromatic heterocycles. The second-order valence-electron chi connectivity index (χ2n) is 7.22. The van der Waals surface area contributed by atoms with Gasteiger partial charge in [-0.1, -0.05) is 23.4 Å². The maximum absolute atomic E-state index is 12.7. The highest BCUT2D eigenvalue weighted by molar-refractivity contribution is 7.15. The maximum atomic E-state index is 12.7. The summed E-state index contributed by atoms with van der Waals surface area (Å²) in [5, 5.41) is 25.2. The van der Waals surface area contributed by atoms with Crippen LogP contribution in [0.15, 0.2) is 24.3 Å². The highest BCUT2D eigenvalue weighted by Crippen LogP contribution is 2.27. The molecular formula is C22H19ClF3N5O4S. The van der Waals surface area contributed by atoms with Crippen molar-refractivity contribution in [3.8, 4) is 17.9 Å². The number of amides is 3. The summed E-state index contributed by atoms with van der Waals surface area (Å²) >= 11 is 7.09. The Morgan fingerprint density at radius 1 is 1.25 bits per heavy atom. The van der Waals surface area contributed by atoms with Gasteiger partial charge in [0, 0.05) is 18.2 Å². The van der Waals surface area contributed by atoms with E-state index in [1.807, 2.05) is 6.07 Å². The van der Waals surface area contributed by atoms with E-state index in [0.717, 1.165) is 30.7 Å². The van der Waals surface area contributed by atoms with Crippen LogP contribution >= 0.6 is 22.9 Å². The predicted molar refractivity (Wildman–Crippen MR) is 127 cm³/mol. The highest BCUT2D eigenvalue weighted by atomic mass is 35.5. The maximum Gasteiger partial charge on any atom is 0.490 e. The Kier molecular flexibility index (Phi) is 10.1. The molecule has 0 unspecified atom stereocenters. The molecule has 3 rings (SSSR count). The number of thiophene rings is 1. The predicted octanol–water partition coefficient (Wildman–Crippen LogP) is 3.28. The molecule has 0 spiro atoms. The molecule has 0 saturated carbocycles. The van der Waals surface area contributed by atoms with Crippen LogP contribution in [0.25, 0.3) is 0 Å². The molecule has 1 aromatic carbocycles. The summed E-state index contributed by atoms with van der Waals surface area (Å²) in [5.74, 6) is 2.86. The molecule has 190 valence electrons. The number of carbonyl (C=O) groups excluding carboxylic acids is 2. The average Bonchev–Trinajstić information content (AvgIpc) is 3.21. The first kappa shape index (κ1) is 28.5. The summed E-state index contributed by atoms with van der Waals surface area (Å²) in [6.45, 7) is 1.65. The van der Waals surface area contributed by atoms with E-state index in [0.29, 0.717) is 38.1 Å². The standard InChI is InChI=1S/C20H18ClN5O2S.C2HF3O2/c21-16-6-4-12(8-13(16)10-22)3-5-15-9-17(26-20(23)28)18(29-15)19(27)25-14-2-1-7-24-11-14;3-2(4,5)1(6)7/h4,6,8-9,14,24H,1-2,7,11H2,(H,25,27)(H3,23,26,28);(H,6,7)/t14-;/m0./s1. The molecule has 2 aromatic rings. The van der Waals surface area contributed by atoms with Gasteiger partial charge in [-0.15, -0.1) is 11.3 Å². The lowest BCUT2D eigenvalue weighted by atomic mass is 10.1. The molecule has 2 heterocycles. The molecule has 36 heavy (non-hydrogen) atoms. The molecule has 1 aliphatic heterocycles. The van der Waals surface area contributed by atoms with Gasteiger partial charge in [0.1, 0.15) is 10.9 Å². The normalized spacial score (nSPS) is 14.7. The topological polar surface area (TPSA) is 157 Å². The van der Waals surface area contributed by atoms with Gasteiger partial charge in [0.15, 0.2) is 0 Å². The minimum Gasteiger partial charge on any atom is -0.475 e. The summed E-state index contributed by atoms with van der Waals surface area (Å²) in [6.07, 6.45) is -3.20. The number of primary amides is 1. The van der Waals surface area contributed by atoms with Crippen LogP contribution in [0.2, 0.25) is 5.02 Å². The Hall–Kier alpha value is -3.78. The van der Waals surface area contributed by atoms with Crippen LogP contribution in [0.1, 0.15) is 38.5 Å². The first-order chi connectivity index (χ1) is 16.9. The number of halogens is 4. The fourth-order valence-corrected chi connectivity index (χ4v) is 3.93. The highest BCUT2D eigenvalue weighted by Gasteiger charge is 2.38. The first-order valence-electron chi connectivity index (χ1n) is 10.1. The number of alkyl halides is 3. The summed E-state index contributed by atoms with van der Waals surface area (Å²) in [6, 6.07) is 7.80. The number of nitriles is 1. The van der Waals surface area contributed by atoms with Gasteiger partial charge < -0.3 is 26.8 Å². The Balaban J connectivity index is 0.000000572. The molecule has 0 bridgehead atoms. The molecule has 1 aliphatic rings. The average molecular weight is 542 g/mol. The van der Waals surface area contributed by atoms with Gasteiger partial charge in [-0.05, 0) is 43.7 Å². The molecule has 0 aliphatic carbocycles. The van der Waals surface area contributed by atoms with Crippen molar-refractivity contribution >= 4 is 46.5 Å². The number of rotatable bonds is 3. The van der Waals surface area contributed by atoms with Gasteiger partial charge in [0.2, 0.25) is 0 Å². The molecule has 9 nitrogen and oxygen atoms in total. The number of hydrogen-bond acceptors (Lipinski definition) is 6. The van der Waals surface area contributed by atoms with Gasteiger partial charge >= 0.3 is 18.2 Å². The number of nitrogens with zero attached hydrogens (tertiary/aromatic N) is 1. The number of benzene rings is 1. The van der Waals surface area contributed by atoms with E-state index in [1.165, 1.54) is 0 Å². The van der Waals surface area contributed by atoms with Gasteiger partial charge in [0.05, 0.1) is 21.2 Å². The molecule has 6 N–H and O–H groups in total. The van der Waals surface area contributed by atoms with Crippen molar-refractivity contribution in [2.45, 2.75) is 25.1 Å². The van der Waals surface area contributed by atoms with Crippen LogP contribution in [0.4, 0.5) is 23.7 Å². The van der Waals surface area contributed by atoms with Crippen LogP contribution in [-0.2, 0) is 4.79 Å². The minimum absolute atomic E-state index is 0.0350. The zero-order valence-corrected chi connectivity index (χ0v) is 19.9. The Morgan fingerprint density at radius 3 is 2.50 bits per heavy atom. The molecule has 1 fully saturated rings. The van der Waals surface area contributed by atoms with E-state index < -0.39 is 18.2 Å². The number of carboxylic acid groups (broad SMARTS) is 1. The Bertz CT molecular complexity index is 1240. The fourth-order valence-electron chi connectivity index (χ4n) is 2.90. The summed E-state index contributed by atoms with van der Waals surface area (Å²) < 4.78 is 31.7. The SMILES string of the molecule is N#Cc1cc(C#Cc2cc(NC(N)=O)c(C(=O)N[C@H]3CCCNC3)s2)ccc1Cl.O=C(O)C(F)(F)F. The Morgan fingerprint density at radius 2 is 1.94 bits per heavy atom. The van der Waals surface area contributed by atoms with Gasteiger partial charge in [0.25, 0.3) is 5.91 Å². The van der Waals surface area contributed by atoms with Gasteiger partial charge in [-0.2, -0.15) is 18.4 Å². The number of carboxylic acids is 1. The summed E-state index contributed by atoms with van der Waals surface area (Å²) in [7, 11) is 0. The lowest BCUT2D eigenvalue weighted by Gasteiger charge is -2.23. The zero-order chi connectivity index (χ0) is 26.9. The van der Waals surface area contributed by atoms with E-state index in [4.69, 9.17) is 32.5 Å². The number of anilines is 1. The molecule has 1 atom stereocenters. The lowest BCUT2D eigenvalue weighted by Crippen LogP contribution is -2.45. The van der Waals surface area contributed by atoms with E-state index >= 15 is 0 Å². The number of piperidine rings is 1. The molecular weight excluding hydrogens is 523 g/mol. The number of hydrogen-bond donors (Lipinski definition) is 5. The summed E-state index contributed by atoms with van der Waals surface area (Å²) in [5.41, 5.74) is 6.50. The van der Waals surface area contributed by atoms with E-state index in [1.54, 1.807) is 24.3 Å². The van der Waals surface area contributed by atoms with Crippen molar-refractivity contribution in [2.24, 2.45) is 5.73 Å². The van der Waals surface area contributed by atoms with E-state index in [9.17, 15) is 22.8 Å². The summed E-state index contributed by atoms with van der Waals surface area (Å²) in [4.78, 5) is 33.8. The van der Waals surface area contributed by atoms with Gasteiger partial charge in [-0.3, -0.25) is 4.79 Å². The van der Waals surface area contributed by atoms with Crippen molar-refractivity contribution in [3.63, 3.8) is 0 Å². The van der Waals surface area contributed by atoms with E-state index in [-0.39, 0.29) is 11.9 Å². The Labute approximate surface area is 212 Å². The van der Waals surface area contributed by atoms with Crippen LogP contribution in [-0.4, -0.2) is 48.3 Å². The van der Waals surface area contributed by atoms with Crippen molar-refractivity contribution < 1.29 is 32.7 Å². The molecule has 0 radical (unpaired) electrons. The number of nitrogens with one attached hydrogen (secondary N) is 3. The van der Waals surface area contributed by atoms with Crippen molar-refractivity contribution in [3.05, 3.63) is 50.2 Å². The first-order valence-corrected chi connectivity index (χ1v) is 11.3. The number of nitrogens with two attached hydrogens (primary N) is 1. The third kappa shape index (κ3) is 8.78. The minimum atomic E-state index is -5.08. The van der Waals surface area contributed by atoms with Crippen LogP contribution in [0, 0.1) is 23.2 Å². The largest absolute Gasteiger partial charge is 0.490 e. The van der Waals surface area contributed by atoms with Gasteiger partial charge in [-0.25, -0.2) is 9.59 Å². The van der Waals surface area contributed by atoms with Crippen molar-refractivity contribution in [2.75, 3.05) is 18.4 Å². The number of urea groups is 1. The zero-order valence-electron chi connectivity index (χ0n) is 18.3. The second kappa shape index (κ2) is 12.8. The van der Waals surface area contributed by atoms with Crippen molar-refractivity contribution in [1.29, 1.82) is 5.26 Å². The van der Waals surface area contributed by atoms with E-state index in [2.05, 4.69) is 27.8 Å². The molecule has 1 saturated heterocycles. The van der Waals surface area contributed by atoms with Crippen molar-refractivity contribution in [1.82, 2.24) is 10.6 Å². The third-order valence-electron chi connectivity index (χ3n) is 4.49. The molecule has 14 heteroatoms. The van der Waals surface area contributed by atoms with Crippen LogP contribution < -0.4 is 21.7 Å². The second-order valence-corrected chi connectivity index (χ2v) is 8.68. The lowest BCUT2D eigenvalue weighted by molar-refractivity contribution is -0.192. The smallest absolute Gasteiger partial charge is 0.475 e. The number of carbonyl (C=O) groups is 3. The van der Waals surface area contributed by atoms with Crippen LogP contribution in [0.5, 0.6) is 0 Å². The quantitative estimate of drug-likeness (QED) is 0.375. The molecule has 3 amide bonds. The number of aliphatic carboxylic acids is 1. The third-order valence-corrected chi connectivity index (χ3v) is 5.87. The van der Waals surface area contributed by atoms with Crippen LogP contribution in [0.3, 0.4) is 0 Å². The monoisotopic (exact) mass is 541 g/mol.